The number of esters is 1. The third kappa shape index (κ3) is 6.44. The zero-order chi connectivity index (χ0) is 27.5. The molecule has 0 saturated carbocycles. The van der Waals surface area contributed by atoms with Gasteiger partial charge in [0.15, 0.2) is 30.9 Å². The molecule has 36 heavy (non-hydrogen) atoms. The molecule has 2 aliphatic heterocycles. The van der Waals surface area contributed by atoms with Crippen LogP contribution >= 0.6 is 0 Å². The second-order valence-corrected chi connectivity index (χ2v) is 8.15. The molecule has 12 N–H and O–H groups in total. The van der Waals surface area contributed by atoms with E-state index in [9.17, 15) is 65.8 Å². The van der Waals surface area contributed by atoms with Crippen molar-refractivity contribution in [2.24, 2.45) is 0 Å². The second kappa shape index (κ2) is 12.8. The molecule has 2 saturated heterocycles. The Labute approximate surface area is 201 Å². The number of ether oxygens (including phenoxy) is 4. The lowest BCUT2D eigenvalue weighted by molar-refractivity contribution is -0.356. The smallest absolute Gasteiger partial charge is 0.338 e. The van der Waals surface area contributed by atoms with Crippen molar-refractivity contribution < 1.29 is 89.8 Å². The molecule has 2 aliphatic rings. The number of carbonyl (C=O) groups excluding carboxylic acids is 1. The molecule has 2 rings (SSSR count). The van der Waals surface area contributed by atoms with Gasteiger partial charge in [-0.2, -0.15) is 0 Å². The molecule has 0 aromatic rings. The third-order valence-corrected chi connectivity index (χ3v) is 5.70. The largest absolute Gasteiger partial charge is 0.479 e. The van der Waals surface area contributed by atoms with E-state index < -0.39 is 111 Å². The lowest BCUT2D eigenvalue weighted by Crippen LogP contribution is -2.65. The minimum absolute atomic E-state index is 0.820. The molecule has 2 fully saturated rings. The number of carboxylic acid groups (broad SMARTS) is 1. The van der Waals surface area contributed by atoms with Crippen LogP contribution in [0.4, 0.5) is 0 Å². The Morgan fingerprint density at radius 3 is 1.81 bits per heavy atom. The van der Waals surface area contributed by atoms with Gasteiger partial charge in [-0.25, -0.2) is 9.59 Å². The first-order chi connectivity index (χ1) is 16.8. The summed E-state index contributed by atoms with van der Waals surface area (Å²) < 4.78 is 20.2. The maximum Gasteiger partial charge on any atom is 0.338 e. The van der Waals surface area contributed by atoms with E-state index in [4.69, 9.17) is 24.1 Å². The molecular formula is C18H30O18. The number of aliphatic carboxylic acids is 1. The molecule has 14 atom stereocenters. The number of aliphatic hydroxyl groups is 11. The number of rotatable bonds is 10. The Balaban J connectivity index is 2.15. The van der Waals surface area contributed by atoms with Crippen LogP contribution in [-0.2, 0) is 28.5 Å². The van der Waals surface area contributed by atoms with Crippen molar-refractivity contribution in [3.8, 4) is 0 Å². The van der Waals surface area contributed by atoms with Crippen molar-refractivity contribution >= 4 is 11.9 Å². The molecule has 0 radical (unpaired) electrons. The first kappa shape index (κ1) is 30.6. The van der Waals surface area contributed by atoms with Crippen LogP contribution in [0, 0.1) is 0 Å². The Morgan fingerprint density at radius 1 is 0.722 bits per heavy atom. The molecular weight excluding hydrogens is 504 g/mol. The highest BCUT2D eigenvalue weighted by Crippen LogP contribution is 2.30. The topological polar surface area (TPSA) is 314 Å². The lowest BCUT2D eigenvalue weighted by atomic mass is 9.96. The molecule has 2 heterocycles. The summed E-state index contributed by atoms with van der Waals surface area (Å²) in [6, 6.07) is 0. The van der Waals surface area contributed by atoms with Crippen LogP contribution < -0.4 is 0 Å². The van der Waals surface area contributed by atoms with E-state index in [0.29, 0.717) is 0 Å². The summed E-state index contributed by atoms with van der Waals surface area (Å²) in [7, 11) is 0. The highest BCUT2D eigenvalue weighted by molar-refractivity contribution is 5.76. The zero-order valence-corrected chi connectivity index (χ0v) is 18.3. The molecule has 0 amide bonds. The van der Waals surface area contributed by atoms with Gasteiger partial charge in [0.1, 0.15) is 54.9 Å². The number of hydrogen-bond acceptors (Lipinski definition) is 17. The number of aliphatic hydroxyl groups excluding tert-OH is 11. The lowest BCUT2D eigenvalue weighted by Gasteiger charge is -2.45. The van der Waals surface area contributed by atoms with Crippen LogP contribution in [-0.4, -0.2) is 172 Å². The molecule has 210 valence electrons. The molecule has 1 unspecified atom stereocenters. The van der Waals surface area contributed by atoms with Crippen LogP contribution in [0.15, 0.2) is 0 Å². The Kier molecular flexibility index (Phi) is 10.8. The van der Waals surface area contributed by atoms with E-state index in [1.807, 2.05) is 0 Å². The van der Waals surface area contributed by atoms with Gasteiger partial charge in [-0.1, -0.05) is 0 Å². The number of carboxylic acids is 1. The van der Waals surface area contributed by atoms with E-state index in [1.54, 1.807) is 0 Å². The van der Waals surface area contributed by atoms with Gasteiger partial charge >= 0.3 is 11.9 Å². The van der Waals surface area contributed by atoms with Gasteiger partial charge in [0.05, 0.1) is 13.2 Å². The summed E-state index contributed by atoms with van der Waals surface area (Å²) >= 11 is 0. The molecule has 18 nitrogen and oxygen atoms in total. The zero-order valence-electron chi connectivity index (χ0n) is 18.3. The van der Waals surface area contributed by atoms with Crippen molar-refractivity contribution in [2.45, 2.75) is 85.8 Å². The fraction of sp³-hybridized carbons (Fsp3) is 0.889. The Hall–Kier alpha value is -1.62. The van der Waals surface area contributed by atoms with Crippen LogP contribution in [0.5, 0.6) is 0 Å². The predicted octanol–water partition coefficient (Wildman–Crippen LogP) is -8.32. The minimum atomic E-state index is -2.69. The van der Waals surface area contributed by atoms with Crippen LogP contribution in [0.25, 0.3) is 0 Å². The average molecular weight is 534 g/mol. The molecule has 0 aromatic heterocycles. The van der Waals surface area contributed by atoms with E-state index in [0.717, 1.165) is 0 Å². The average Bonchev–Trinajstić information content (AvgIpc) is 2.85. The van der Waals surface area contributed by atoms with Crippen molar-refractivity contribution in [3.05, 3.63) is 0 Å². The first-order valence-electron chi connectivity index (χ1n) is 10.5. The summed E-state index contributed by atoms with van der Waals surface area (Å²) in [5, 5.41) is 116. The van der Waals surface area contributed by atoms with Gasteiger partial charge in [0.25, 0.3) is 0 Å². The molecule has 18 heteroatoms. The minimum Gasteiger partial charge on any atom is -0.479 e. The van der Waals surface area contributed by atoms with Gasteiger partial charge in [-0.05, 0) is 0 Å². The first-order valence-corrected chi connectivity index (χ1v) is 10.5. The molecule has 0 bridgehead atoms. The normalized spacial score (nSPS) is 40.6. The van der Waals surface area contributed by atoms with Crippen molar-refractivity contribution in [1.82, 2.24) is 0 Å². The summed E-state index contributed by atoms with van der Waals surface area (Å²) in [6.45, 7) is -1.74. The third-order valence-electron chi connectivity index (χ3n) is 5.70. The Bertz CT molecular complexity index is 735. The monoisotopic (exact) mass is 534 g/mol. The standard InChI is InChI=1S/C18H30O18/c19-1-3-5(21)6(22)11(27)18(34-3)36-13-4(2-20)33-17(32)14(12(13)28)35-16(31)10(26)8(24)7(23)9(25)15(29)30/h3-14,17-28,32H,1-2H2,(H,29,30)/t3-,4-,5+,6+,7+,8+,9+,10-,11-,12+,13-,14-,17?,18+/m1/s1. The van der Waals surface area contributed by atoms with E-state index in [2.05, 4.69) is 0 Å². The fourth-order valence-electron chi connectivity index (χ4n) is 3.55. The van der Waals surface area contributed by atoms with Gasteiger partial charge < -0.3 is 80.2 Å². The van der Waals surface area contributed by atoms with Crippen molar-refractivity contribution in [3.63, 3.8) is 0 Å². The highest BCUT2D eigenvalue weighted by atomic mass is 16.7. The number of hydrogen-bond donors (Lipinski definition) is 12. The summed E-state index contributed by atoms with van der Waals surface area (Å²) in [5.74, 6) is -3.81. The van der Waals surface area contributed by atoms with E-state index in [1.165, 1.54) is 0 Å². The maximum atomic E-state index is 12.2. The molecule has 0 aromatic carbocycles. The quantitative estimate of drug-likeness (QED) is 0.116. The highest BCUT2D eigenvalue weighted by Gasteiger charge is 2.52. The van der Waals surface area contributed by atoms with Crippen molar-refractivity contribution in [2.75, 3.05) is 13.2 Å². The van der Waals surface area contributed by atoms with E-state index in [-0.39, 0.29) is 0 Å². The SMILES string of the molecule is O=C(O)[C@@H](O)[C@@H](O)[C@H](O)[C@@H](O)C(=O)O[C@H]1C(O)O[C@H](CO)[C@@H](O[C@@H]2O[C@H](CO)[C@H](O)[C@H](O)[C@H]2O)[C@@H]1O. The van der Waals surface area contributed by atoms with Crippen LogP contribution in [0.1, 0.15) is 0 Å². The van der Waals surface area contributed by atoms with E-state index >= 15 is 0 Å². The number of carbonyl (C=O) groups is 2. The maximum absolute atomic E-state index is 12.2. The second-order valence-electron chi connectivity index (χ2n) is 8.15. The van der Waals surface area contributed by atoms with Crippen molar-refractivity contribution in [1.29, 1.82) is 0 Å². The van der Waals surface area contributed by atoms with Crippen LogP contribution in [0.3, 0.4) is 0 Å². The Morgan fingerprint density at radius 2 is 1.28 bits per heavy atom. The van der Waals surface area contributed by atoms with Crippen LogP contribution in [0.2, 0.25) is 0 Å². The molecule has 0 aliphatic carbocycles. The van der Waals surface area contributed by atoms with Gasteiger partial charge in [-0.15, -0.1) is 0 Å². The predicted molar refractivity (Wildman–Crippen MR) is 104 cm³/mol. The summed E-state index contributed by atoms with van der Waals surface area (Å²) in [5.41, 5.74) is 0. The summed E-state index contributed by atoms with van der Waals surface area (Å²) in [4.78, 5) is 22.9. The van der Waals surface area contributed by atoms with Gasteiger partial charge in [0, 0.05) is 0 Å². The van der Waals surface area contributed by atoms with Gasteiger partial charge in [-0.3, -0.25) is 0 Å². The molecule has 0 spiro atoms. The summed E-state index contributed by atoms with van der Waals surface area (Å²) in [6.07, 6.45) is -29.0. The fourth-order valence-corrected chi connectivity index (χ4v) is 3.55. The van der Waals surface area contributed by atoms with Gasteiger partial charge in [0.2, 0.25) is 0 Å².